The molecule has 0 radical (unpaired) electrons. The standard InChI is InChI=1S/C18H20/c1-11-9-10-14-7-6-8-15-17(14)16(11)12(2)13(3)18(15,4)5/h6-10H,1-5H3. The van der Waals surface area contributed by atoms with Gasteiger partial charge in [0.15, 0.2) is 0 Å². The number of rotatable bonds is 0. The minimum absolute atomic E-state index is 0.143. The summed E-state index contributed by atoms with van der Waals surface area (Å²) in [6.07, 6.45) is 0. The van der Waals surface area contributed by atoms with Crippen LogP contribution in [0, 0.1) is 6.92 Å². The molecule has 0 spiro atoms. The molecule has 0 amide bonds. The van der Waals surface area contributed by atoms with E-state index in [1.807, 2.05) is 0 Å². The second kappa shape index (κ2) is 3.47. The lowest BCUT2D eigenvalue weighted by atomic mass is 9.68. The third-order valence-corrected chi connectivity index (χ3v) is 4.80. The van der Waals surface area contributed by atoms with Crippen LogP contribution in [0.2, 0.25) is 0 Å². The molecule has 0 nitrogen and oxygen atoms in total. The van der Waals surface area contributed by atoms with Crippen molar-refractivity contribution in [2.75, 3.05) is 0 Å². The highest BCUT2D eigenvalue weighted by Gasteiger charge is 2.31. The molecule has 0 N–H and O–H groups in total. The molecule has 0 heterocycles. The molecule has 0 aliphatic heterocycles. The quantitative estimate of drug-likeness (QED) is 0.587. The zero-order valence-electron chi connectivity index (χ0n) is 11.9. The Hall–Kier alpha value is -1.56. The fourth-order valence-electron chi connectivity index (χ4n) is 3.35. The van der Waals surface area contributed by atoms with Gasteiger partial charge in [-0.3, -0.25) is 0 Å². The summed E-state index contributed by atoms with van der Waals surface area (Å²) < 4.78 is 0. The average molecular weight is 236 g/mol. The van der Waals surface area contributed by atoms with Gasteiger partial charge in [-0.2, -0.15) is 0 Å². The first-order valence-electron chi connectivity index (χ1n) is 6.65. The molecule has 92 valence electrons. The van der Waals surface area contributed by atoms with E-state index in [9.17, 15) is 0 Å². The summed E-state index contributed by atoms with van der Waals surface area (Å²) in [5, 5.41) is 2.83. The van der Waals surface area contributed by atoms with Crippen LogP contribution < -0.4 is 0 Å². The molecule has 1 aliphatic rings. The normalized spacial score (nSPS) is 17.4. The molecular formula is C18H20. The molecule has 0 atom stereocenters. The third kappa shape index (κ3) is 1.26. The number of allylic oxidation sites excluding steroid dienone is 2. The van der Waals surface area contributed by atoms with Crippen molar-refractivity contribution in [3.05, 3.63) is 52.6 Å². The van der Waals surface area contributed by atoms with Crippen molar-refractivity contribution in [3.63, 3.8) is 0 Å². The van der Waals surface area contributed by atoms with Crippen molar-refractivity contribution in [1.82, 2.24) is 0 Å². The van der Waals surface area contributed by atoms with E-state index in [4.69, 9.17) is 0 Å². The molecule has 2 aromatic rings. The molecule has 0 unspecified atom stereocenters. The Kier molecular flexibility index (Phi) is 2.22. The van der Waals surface area contributed by atoms with E-state index >= 15 is 0 Å². The van der Waals surface area contributed by atoms with Crippen LogP contribution in [0.25, 0.3) is 16.3 Å². The first-order valence-corrected chi connectivity index (χ1v) is 6.65. The predicted molar refractivity (Wildman–Crippen MR) is 80.0 cm³/mol. The molecule has 1 aliphatic carbocycles. The topological polar surface area (TPSA) is 0 Å². The second-order valence-electron chi connectivity index (χ2n) is 6.04. The van der Waals surface area contributed by atoms with Crippen LogP contribution in [0.3, 0.4) is 0 Å². The molecule has 0 fully saturated rings. The second-order valence-corrected chi connectivity index (χ2v) is 6.04. The maximum absolute atomic E-state index is 2.34. The lowest BCUT2D eigenvalue weighted by Crippen LogP contribution is -2.23. The van der Waals surface area contributed by atoms with Crippen LogP contribution in [0.4, 0.5) is 0 Å². The van der Waals surface area contributed by atoms with E-state index in [0.29, 0.717) is 0 Å². The molecule has 0 heteroatoms. The Bertz CT molecular complexity index is 684. The minimum Gasteiger partial charge on any atom is -0.0613 e. The van der Waals surface area contributed by atoms with Gasteiger partial charge in [0, 0.05) is 5.41 Å². The number of benzene rings is 2. The lowest BCUT2D eigenvalue weighted by molar-refractivity contribution is 0.627. The van der Waals surface area contributed by atoms with Crippen LogP contribution >= 0.6 is 0 Å². The van der Waals surface area contributed by atoms with Gasteiger partial charge in [0.05, 0.1) is 0 Å². The average Bonchev–Trinajstić information content (AvgIpc) is 2.34. The molecule has 0 saturated carbocycles. The molecule has 18 heavy (non-hydrogen) atoms. The highest BCUT2D eigenvalue weighted by atomic mass is 14.4. The summed E-state index contributed by atoms with van der Waals surface area (Å²) in [6, 6.07) is 11.2. The minimum atomic E-state index is 0.143. The first-order chi connectivity index (χ1) is 8.44. The molecular weight excluding hydrogens is 216 g/mol. The number of hydrogen-bond acceptors (Lipinski definition) is 0. The molecule has 0 aromatic heterocycles. The molecule has 3 rings (SSSR count). The maximum atomic E-state index is 2.34. The third-order valence-electron chi connectivity index (χ3n) is 4.80. The summed E-state index contributed by atoms with van der Waals surface area (Å²) in [6.45, 7) is 11.5. The highest BCUT2D eigenvalue weighted by Crippen LogP contribution is 2.46. The lowest BCUT2D eigenvalue weighted by Gasteiger charge is -2.35. The van der Waals surface area contributed by atoms with Crippen molar-refractivity contribution in [2.24, 2.45) is 0 Å². The molecule has 0 bridgehead atoms. The first kappa shape index (κ1) is 11.5. The zero-order valence-corrected chi connectivity index (χ0v) is 11.9. The highest BCUT2D eigenvalue weighted by molar-refractivity contribution is 6.01. The van der Waals surface area contributed by atoms with Crippen LogP contribution in [-0.2, 0) is 5.41 Å². The molecule has 2 aromatic carbocycles. The summed E-state index contributed by atoms with van der Waals surface area (Å²) in [4.78, 5) is 0. The number of hydrogen-bond donors (Lipinski definition) is 0. The van der Waals surface area contributed by atoms with Crippen LogP contribution in [-0.4, -0.2) is 0 Å². The largest absolute Gasteiger partial charge is 0.0613 e. The van der Waals surface area contributed by atoms with Crippen molar-refractivity contribution >= 4 is 16.3 Å². The van der Waals surface area contributed by atoms with E-state index in [-0.39, 0.29) is 5.41 Å². The predicted octanol–water partition coefficient (Wildman–Crippen LogP) is 5.23. The van der Waals surface area contributed by atoms with Crippen LogP contribution in [0.15, 0.2) is 35.9 Å². The van der Waals surface area contributed by atoms with Gasteiger partial charge < -0.3 is 0 Å². The number of aryl methyl sites for hydroxylation is 1. The summed E-state index contributed by atoms with van der Waals surface area (Å²) in [5.74, 6) is 0. The fourth-order valence-corrected chi connectivity index (χ4v) is 3.35. The summed E-state index contributed by atoms with van der Waals surface area (Å²) in [7, 11) is 0. The van der Waals surface area contributed by atoms with Gasteiger partial charge >= 0.3 is 0 Å². The van der Waals surface area contributed by atoms with Gasteiger partial charge in [-0.15, -0.1) is 0 Å². The maximum Gasteiger partial charge on any atom is 0.0115 e. The molecule has 0 saturated heterocycles. The van der Waals surface area contributed by atoms with Crippen molar-refractivity contribution < 1.29 is 0 Å². The van der Waals surface area contributed by atoms with E-state index < -0.39 is 0 Å². The van der Waals surface area contributed by atoms with Gasteiger partial charge in [-0.1, -0.05) is 49.8 Å². The summed E-state index contributed by atoms with van der Waals surface area (Å²) in [5.41, 5.74) is 7.42. The smallest absolute Gasteiger partial charge is 0.0115 e. The van der Waals surface area contributed by atoms with Gasteiger partial charge in [0.25, 0.3) is 0 Å². The van der Waals surface area contributed by atoms with Crippen LogP contribution in [0.5, 0.6) is 0 Å². The van der Waals surface area contributed by atoms with Gasteiger partial charge in [0.2, 0.25) is 0 Å². The van der Waals surface area contributed by atoms with Crippen LogP contribution in [0.1, 0.15) is 44.4 Å². The Morgan fingerprint density at radius 1 is 0.889 bits per heavy atom. The van der Waals surface area contributed by atoms with E-state index in [2.05, 4.69) is 65.0 Å². The fraction of sp³-hybridized carbons (Fsp3) is 0.333. The zero-order chi connectivity index (χ0) is 13.1. The van der Waals surface area contributed by atoms with Gasteiger partial charge in [-0.05, 0) is 53.8 Å². The van der Waals surface area contributed by atoms with E-state index in [1.165, 1.54) is 38.6 Å². The van der Waals surface area contributed by atoms with Crippen molar-refractivity contribution in [2.45, 2.75) is 40.0 Å². The Morgan fingerprint density at radius 3 is 2.33 bits per heavy atom. The monoisotopic (exact) mass is 236 g/mol. The SMILES string of the molecule is CC1=C(C)C(C)(C)c2cccc3ccc(C)c1c23. The van der Waals surface area contributed by atoms with Crippen molar-refractivity contribution in [3.8, 4) is 0 Å². The Morgan fingerprint density at radius 2 is 1.61 bits per heavy atom. The summed E-state index contributed by atoms with van der Waals surface area (Å²) >= 11 is 0. The van der Waals surface area contributed by atoms with Gasteiger partial charge in [0.1, 0.15) is 0 Å². The Labute approximate surface area is 109 Å². The van der Waals surface area contributed by atoms with Gasteiger partial charge in [-0.25, -0.2) is 0 Å². The van der Waals surface area contributed by atoms with E-state index in [0.717, 1.165) is 0 Å². The van der Waals surface area contributed by atoms with Crippen molar-refractivity contribution in [1.29, 1.82) is 0 Å². The van der Waals surface area contributed by atoms with E-state index in [1.54, 1.807) is 0 Å². The Balaban J connectivity index is 2.60.